The van der Waals surface area contributed by atoms with Crippen molar-refractivity contribution in [2.24, 2.45) is 5.92 Å². The van der Waals surface area contributed by atoms with E-state index in [2.05, 4.69) is 32.6 Å². The lowest BCUT2D eigenvalue weighted by Crippen LogP contribution is -2.36. The molecule has 1 N–H and O–H groups in total. The highest BCUT2D eigenvalue weighted by Crippen LogP contribution is 2.35. The number of nitrogens with zero attached hydrogens (tertiary/aromatic N) is 3. The summed E-state index contributed by atoms with van der Waals surface area (Å²) in [5, 5.41) is 0. The molecule has 1 aliphatic rings. The zero-order valence-electron chi connectivity index (χ0n) is 13.6. The van der Waals surface area contributed by atoms with Gasteiger partial charge in [-0.1, -0.05) is 6.07 Å². The molecule has 124 valence electrons. The highest BCUT2D eigenvalue weighted by atomic mass is 32.2. The third-order valence-electron chi connectivity index (χ3n) is 4.20. The number of rotatable bonds is 7. The molecule has 1 aromatic rings. The van der Waals surface area contributed by atoms with Gasteiger partial charge in [0.1, 0.15) is 0 Å². The topological polar surface area (TPSA) is 65.5 Å². The van der Waals surface area contributed by atoms with Gasteiger partial charge in [0.05, 0.1) is 6.26 Å². The van der Waals surface area contributed by atoms with Crippen molar-refractivity contribution >= 4 is 10.0 Å². The van der Waals surface area contributed by atoms with Crippen molar-refractivity contribution in [2.45, 2.75) is 12.5 Å². The first kappa shape index (κ1) is 17.3. The maximum absolute atomic E-state index is 11.1. The smallest absolute Gasteiger partial charge is 0.208 e. The third-order valence-corrected chi connectivity index (χ3v) is 4.93. The molecule has 6 nitrogen and oxygen atoms in total. The van der Waals surface area contributed by atoms with Gasteiger partial charge in [0.2, 0.25) is 10.0 Å². The molecule has 7 heteroatoms. The number of pyridine rings is 1. The predicted octanol–water partition coefficient (Wildman–Crippen LogP) is 0.555. The zero-order chi connectivity index (χ0) is 16.2. The van der Waals surface area contributed by atoms with E-state index in [1.165, 1.54) is 11.8 Å². The van der Waals surface area contributed by atoms with E-state index in [-0.39, 0.29) is 0 Å². The minimum absolute atomic E-state index is 0.388. The maximum Gasteiger partial charge on any atom is 0.208 e. The summed E-state index contributed by atoms with van der Waals surface area (Å²) in [6, 6.07) is 4.51. The molecule has 1 aromatic heterocycles. The maximum atomic E-state index is 11.1. The fourth-order valence-electron chi connectivity index (χ4n) is 3.21. The SMILES string of the molecule is CN(CCNS(C)(=O)=O)C[C@@H]1CCN(C)[C@H]1c1cccnc1. The van der Waals surface area contributed by atoms with Gasteiger partial charge in [-0.05, 0) is 44.6 Å². The Hall–Kier alpha value is -1.02. The lowest BCUT2D eigenvalue weighted by molar-refractivity contribution is 0.219. The molecule has 0 aromatic carbocycles. The average molecular weight is 326 g/mol. The molecule has 2 rings (SSSR count). The van der Waals surface area contributed by atoms with Gasteiger partial charge in [-0.15, -0.1) is 0 Å². The Morgan fingerprint density at radius 2 is 2.27 bits per heavy atom. The van der Waals surface area contributed by atoms with Gasteiger partial charge in [0.15, 0.2) is 0 Å². The molecular formula is C15H26N4O2S. The summed E-state index contributed by atoms with van der Waals surface area (Å²) in [4.78, 5) is 8.82. The summed E-state index contributed by atoms with van der Waals surface area (Å²) in [6.45, 7) is 3.21. The second kappa shape index (κ2) is 7.50. The Kier molecular flexibility index (Phi) is 5.91. The molecule has 0 aliphatic carbocycles. The largest absolute Gasteiger partial charge is 0.305 e. The Morgan fingerprint density at radius 1 is 1.50 bits per heavy atom. The normalized spacial score (nSPS) is 23.3. The highest BCUT2D eigenvalue weighted by Gasteiger charge is 2.33. The van der Waals surface area contributed by atoms with Crippen LogP contribution in [0.5, 0.6) is 0 Å². The quantitative estimate of drug-likeness (QED) is 0.793. The van der Waals surface area contributed by atoms with Crippen molar-refractivity contribution in [3.05, 3.63) is 30.1 Å². The number of likely N-dealkylation sites (N-methyl/N-ethyl adjacent to an activating group) is 1. The van der Waals surface area contributed by atoms with E-state index in [0.717, 1.165) is 19.5 Å². The zero-order valence-corrected chi connectivity index (χ0v) is 14.4. The van der Waals surface area contributed by atoms with Crippen molar-refractivity contribution in [1.82, 2.24) is 19.5 Å². The summed E-state index contributed by atoms with van der Waals surface area (Å²) in [6.07, 6.45) is 6.10. The predicted molar refractivity (Wildman–Crippen MR) is 88.1 cm³/mol. The van der Waals surface area contributed by atoms with Crippen LogP contribution in [0.15, 0.2) is 24.5 Å². The number of nitrogens with one attached hydrogen (secondary N) is 1. The van der Waals surface area contributed by atoms with E-state index < -0.39 is 10.0 Å². The summed E-state index contributed by atoms with van der Waals surface area (Å²) in [5.41, 5.74) is 1.26. The van der Waals surface area contributed by atoms with Crippen LogP contribution in [-0.4, -0.2) is 69.7 Å². The van der Waals surface area contributed by atoms with Crippen LogP contribution in [-0.2, 0) is 10.0 Å². The molecular weight excluding hydrogens is 300 g/mol. The molecule has 0 spiro atoms. The summed E-state index contributed by atoms with van der Waals surface area (Å²) in [7, 11) is 1.10. The first-order valence-electron chi connectivity index (χ1n) is 7.60. The van der Waals surface area contributed by atoms with Crippen LogP contribution in [0.4, 0.5) is 0 Å². The number of sulfonamides is 1. The van der Waals surface area contributed by atoms with Crippen LogP contribution in [0.1, 0.15) is 18.0 Å². The van der Waals surface area contributed by atoms with Gasteiger partial charge in [-0.25, -0.2) is 13.1 Å². The van der Waals surface area contributed by atoms with E-state index in [1.807, 2.05) is 19.3 Å². The number of aromatic nitrogens is 1. The van der Waals surface area contributed by atoms with Crippen molar-refractivity contribution < 1.29 is 8.42 Å². The molecule has 1 aliphatic heterocycles. The van der Waals surface area contributed by atoms with E-state index in [9.17, 15) is 8.42 Å². The average Bonchev–Trinajstić information content (AvgIpc) is 2.79. The first-order valence-corrected chi connectivity index (χ1v) is 9.49. The Balaban J connectivity index is 1.91. The Labute approximate surface area is 133 Å². The molecule has 0 radical (unpaired) electrons. The van der Waals surface area contributed by atoms with Crippen molar-refractivity contribution in [3.63, 3.8) is 0 Å². The number of hydrogen-bond acceptors (Lipinski definition) is 5. The lowest BCUT2D eigenvalue weighted by atomic mass is 9.94. The van der Waals surface area contributed by atoms with E-state index >= 15 is 0 Å². The molecule has 2 heterocycles. The summed E-state index contributed by atoms with van der Waals surface area (Å²) in [5.74, 6) is 0.539. The summed E-state index contributed by atoms with van der Waals surface area (Å²) < 4.78 is 24.7. The van der Waals surface area contributed by atoms with Crippen LogP contribution in [0, 0.1) is 5.92 Å². The first-order chi connectivity index (χ1) is 10.4. The molecule has 22 heavy (non-hydrogen) atoms. The van der Waals surface area contributed by atoms with Crippen molar-refractivity contribution in [3.8, 4) is 0 Å². The molecule has 0 saturated carbocycles. The number of hydrogen-bond donors (Lipinski definition) is 1. The molecule has 1 fully saturated rings. The molecule has 1 saturated heterocycles. The van der Waals surface area contributed by atoms with Gasteiger partial charge in [-0.2, -0.15) is 0 Å². The minimum atomic E-state index is -3.10. The van der Waals surface area contributed by atoms with E-state index in [4.69, 9.17) is 0 Å². The van der Waals surface area contributed by atoms with Gasteiger partial charge in [-0.3, -0.25) is 9.88 Å². The lowest BCUT2D eigenvalue weighted by Gasteiger charge is -2.28. The third kappa shape index (κ3) is 5.01. The number of likely N-dealkylation sites (tertiary alicyclic amines) is 1. The van der Waals surface area contributed by atoms with Crippen LogP contribution < -0.4 is 4.72 Å². The second-order valence-electron chi connectivity index (χ2n) is 6.19. The van der Waals surface area contributed by atoms with Gasteiger partial charge < -0.3 is 4.90 Å². The van der Waals surface area contributed by atoms with E-state index in [0.29, 0.717) is 25.0 Å². The summed E-state index contributed by atoms with van der Waals surface area (Å²) >= 11 is 0. The van der Waals surface area contributed by atoms with E-state index in [1.54, 1.807) is 6.20 Å². The van der Waals surface area contributed by atoms with Crippen LogP contribution in [0.2, 0.25) is 0 Å². The van der Waals surface area contributed by atoms with Gasteiger partial charge >= 0.3 is 0 Å². The molecule has 0 amide bonds. The molecule has 0 unspecified atom stereocenters. The Morgan fingerprint density at radius 3 is 2.91 bits per heavy atom. The fourth-order valence-corrected chi connectivity index (χ4v) is 3.67. The van der Waals surface area contributed by atoms with Crippen LogP contribution >= 0.6 is 0 Å². The van der Waals surface area contributed by atoms with Gasteiger partial charge in [0, 0.05) is 38.1 Å². The van der Waals surface area contributed by atoms with Gasteiger partial charge in [0.25, 0.3) is 0 Å². The van der Waals surface area contributed by atoms with Crippen molar-refractivity contribution in [2.75, 3.05) is 46.5 Å². The van der Waals surface area contributed by atoms with Crippen LogP contribution in [0.25, 0.3) is 0 Å². The Bertz CT molecular complexity index is 564. The highest BCUT2D eigenvalue weighted by molar-refractivity contribution is 7.88. The monoisotopic (exact) mass is 326 g/mol. The molecule has 0 bridgehead atoms. The van der Waals surface area contributed by atoms with Crippen LogP contribution in [0.3, 0.4) is 0 Å². The standard InChI is InChI=1S/C15H26N4O2S/c1-18(10-8-17-22(3,20)21)12-14-6-9-19(2)15(14)13-5-4-7-16-11-13/h4-5,7,11,14-15,17H,6,8-10,12H2,1-3H3/t14-,15-/m0/s1. The minimum Gasteiger partial charge on any atom is -0.305 e. The molecule has 2 atom stereocenters. The van der Waals surface area contributed by atoms with Crippen molar-refractivity contribution in [1.29, 1.82) is 0 Å². The second-order valence-corrected chi connectivity index (χ2v) is 8.02. The fraction of sp³-hybridized carbons (Fsp3) is 0.667.